The summed E-state index contributed by atoms with van der Waals surface area (Å²) >= 11 is 0. The summed E-state index contributed by atoms with van der Waals surface area (Å²) in [5.41, 5.74) is 6.87. The van der Waals surface area contributed by atoms with E-state index >= 15 is 0 Å². The number of methoxy groups -OCH3 is 1. The molecule has 4 heteroatoms. The molecule has 1 amide bonds. The Labute approximate surface area is 99.8 Å². The molecule has 0 aliphatic rings. The lowest BCUT2D eigenvalue weighted by Crippen LogP contribution is -2.08. The molecule has 0 saturated carbocycles. The zero-order valence-electron chi connectivity index (χ0n) is 9.74. The normalized spacial score (nSPS) is 9.06. The largest absolute Gasteiger partial charge is 0.465 e. The van der Waals surface area contributed by atoms with Crippen molar-refractivity contribution in [3.63, 3.8) is 0 Å². The Bertz CT molecular complexity index is 509. The Balaban J connectivity index is 3.10. The van der Waals surface area contributed by atoms with E-state index in [9.17, 15) is 9.59 Å². The first-order valence-corrected chi connectivity index (χ1v) is 5.00. The summed E-state index contributed by atoms with van der Waals surface area (Å²) in [7, 11) is 1.31. The van der Waals surface area contributed by atoms with E-state index < -0.39 is 11.9 Å². The van der Waals surface area contributed by atoms with Crippen LogP contribution in [0.5, 0.6) is 0 Å². The van der Waals surface area contributed by atoms with Gasteiger partial charge in [-0.15, -0.1) is 0 Å². The number of primary amides is 1. The number of rotatable bonds is 2. The van der Waals surface area contributed by atoms with E-state index in [-0.39, 0.29) is 6.42 Å². The fourth-order valence-electron chi connectivity index (χ4n) is 1.28. The minimum atomic E-state index is -0.496. The Kier molecular flexibility index (Phi) is 4.29. The van der Waals surface area contributed by atoms with Crippen molar-refractivity contribution in [2.75, 3.05) is 7.11 Å². The second-order valence-corrected chi connectivity index (χ2v) is 3.49. The first-order valence-electron chi connectivity index (χ1n) is 5.00. The van der Waals surface area contributed by atoms with E-state index in [4.69, 9.17) is 5.73 Å². The fraction of sp³-hybridized carbons (Fsp3) is 0.231. The maximum Gasteiger partial charge on any atom is 0.339 e. The van der Waals surface area contributed by atoms with Gasteiger partial charge in [-0.05, 0) is 24.6 Å². The number of benzene rings is 1. The van der Waals surface area contributed by atoms with Crippen molar-refractivity contribution in [1.29, 1.82) is 0 Å². The minimum absolute atomic E-state index is 0.0332. The molecule has 0 saturated heterocycles. The molecule has 0 aliphatic carbocycles. The molecule has 17 heavy (non-hydrogen) atoms. The summed E-state index contributed by atoms with van der Waals surface area (Å²) < 4.78 is 4.65. The van der Waals surface area contributed by atoms with Crippen LogP contribution in [0.3, 0.4) is 0 Å². The summed E-state index contributed by atoms with van der Waals surface area (Å²) in [5, 5.41) is 0. The number of esters is 1. The average Bonchev–Trinajstić information content (AvgIpc) is 2.28. The first kappa shape index (κ1) is 12.8. The van der Waals surface area contributed by atoms with Gasteiger partial charge in [-0.2, -0.15) is 0 Å². The quantitative estimate of drug-likeness (QED) is 0.610. The van der Waals surface area contributed by atoms with E-state index in [1.165, 1.54) is 7.11 Å². The lowest BCUT2D eigenvalue weighted by Gasteiger charge is -2.03. The van der Waals surface area contributed by atoms with Gasteiger partial charge in [0.25, 0.3) is 0 Å². The summed E-state index contributed by atoms with van der Waals surface area (Å²) in [6.45, 7) is 1.89. The number of amides is 1. The molecule has 1 rings (SSSR count). The molecule has 0 fully saturated rings. The highest BCUT2D eigenvalue weighted by Gasteiger charge is 2.09. The monoisotopic (exact) mass is 231 g/mol. The van der Waals surface area contributed by atoms with Gasteiger partial charge < -0.3 is 10.5 Å². The predicted molar refractivity (Wildman–Crippen MR) is 63.2 cm³/mol. The SMILES string of the molecule is COC(=O)c1ccc(C)cc1C#CCC(N)=O. The van der Waals surface area contributed by atoms with Crippen LogP contribution in [-0.4, -0.2) is 19.0 Å². The molecule has 1 aromatic rings. The fourth-order valence-corrected chi connectivity index (χ4v) is 1.28. The van der Waals surface area contributed by atoms with E-state index in [0.717, 1.165) is 5.56 Å². The maximum absolute atomic E-state index is 11.5. The highest BCUT2D eigenvalue weighted by Crippen LogP contribution is 2.11. The third-order valence-corrected chi connectivity index (χ3v) is 2.07. The van der Waals surface area contributed by atoms with Crippen molar-refractivity contribution < 1.29 is 14.3 Å². The third-order valence-electron chi connectivity index (χ3n) is 2.07. The third kappa shape index (κ3) is 3.65. The van der Waals surface area contributed by atoms with Crippen LogP contribution in [-0.2, 0) is 9.53 Å². The Morgan fingerprint density at radius 3 is 2.71 bits per heavy atom. The van der Waals surface area contributed by atoms with Crippen LogP contribution in [0.25, 0.3) is 0 Å². The van der Waals surface area contributed by atoms with Gasteiger partial charge in [0.05, 0.1) is 19.1 Å². The van der Waals surface area contributed by atoms with Crippen LogP contribution in [0.1, 0.15) is 27.9 Å². The summed E-state index contributed by atoms with van der Waals surface area (Å²) in [4.78, 5) is 22.0. The van der Waals surface area contributed by atoms with E-state index in [0.29, 0.717) is 11.1 Å². The van der Waals surface area contributed by atoms with Crippen molar-refractivity contribution in [3.8, 4) is 11.8 Å². The Morgan fingerprint density at radius 2 is 2.12 bits per heavy atom. The molecule has 2 N–H and O–H groups in total. The Morgan fingerprint density at radius 1 is 1.41 bits per heavy atom. The molecule has 0 aliphatic heterocycles. The molecule has 88 valence electrons. The van der Waals surface area contributed by atoms with Gasteiger partial charge in [0.15, 0.2) is 0 Å². The number of carbonyl (C=O) groups excluding carboxylic acids is 2. The molecule has 0 aromatic heterocycles. The molecule has 0 radical (unpaired) electrons. The van der Waals surface area contributed by atoms with Crippen LogP contribution in [0, 0.1) is 18.8 Å². The summed E-state index contributed by atoms with van der Waals surface area (Å²) in [6.07, 6.45) is -0.0332. The second kappa shape index (κ2) is 5.71. The van der Waals surface area contributed by atoms with E-state index in [2.05, 4.69) is 16.6 Å². The number of aryl methyl sites for hydroxylation is 1. The van der Waals surface area contributed by atoms with Gasteiger partial charge in [-0.25, -0.2) is 4.79 Å². The molecule has 0 spiro atoms. The van der Waals surface area contributed by atoms with Gasteiger partial charge in [-0.1, -0.05) is 17.9 Å². The number of hydrogen-bond donors (Lipinski definition) is 1. The van der Waals surface area contributed by atoms with Crippen molar-refractivity contribution >= 4 is 11.9 Å². The van der Waals surface area contributed by atoms with Crippen LogP contribution in [0.4, 0.5) is 0 Å². The molecule has 0 atom stereocenters. The predicted octanol–water partition coefficient (Wildman–Crippen LogP) is 1.01. The van der Waals surface area contributed by atoms with Crippen LogP contribution >= 0.6 is 0 Å². The molecule has 0 unspecified atom stereocenters. The Hall–Kier alpha value is -2.28. The number of carbonyl (C=O) groups is 2. The van der Waals surface area contributed by atoms with Crippen LogP contribution in [0.15, 0.2) is 18.2 Å². The molecule has 4 nitrogen and oxygen atoms in total. The maximum atomic E-state index is 11.5. The topological polar surface area (TPSA) is 69.4 Å². The van der Waals surface area contributed by atoms with Crippen LogP contribution < -0.4 is 5.73 Å². The van der Waals surface area contributed by atoms with Crippen molar-refractivity contribution in [3.05, 3.63) is 34.9 Å². The lowest BCUT2D eigenvalue weighted by molar-refractivity contribution is -0.117. The number of nitrogens with two attached hydrogens (primary N) is 1. The van der Waals surface area contributed by atoms with Crippen LogP contribution in [0.2, 0.25) is 0 Å². The van der Waals surface area contributed by atoms with Crippen molar-refractivity contribution in [2.24, 2.45) is 5.73 Å². The van der Waals surface area contributed by atoms with Gasteiger partial charge in [0, 0.05) is 5.56 Å². The standard InChI is InChI=1S/C13H13NO3/c1-9-6-7-11(13(16)17-2)10(8-9)4-3-5-12(14)15/h6-8H,5H2,1-2H3,(H2,14,15). The van der Waals surface area contributed by atoms with Gasteiger partial charge in [0.2, 0.25) is 5.91 Å². The molecular formula is C13H13NO3. The van der Waals surface area contributed by atoms with Gasteiger partial charge >= 0.3 is 5.97 Å². The average molecular weight is 231 g/mol. The molecule has 1 aromatic carbocycles. The van der Waals surface area contributed by atoms with E-state index in [1.807, 2.05) is 6.92 Å². The highest BCUT2D eigenvalue weighted by molar-refractivity contribution is 5.92. The zero-order chi connectivity index (χ0) is 12.8. The van der Waals surface area contributed by atoms with Gasteiger partial charge in [-0.3, -0.25) is 4.79 Å². The zero-order valence-corrected chi connectivity index (χ0v) is 9.74. The minimum Gasteiger partial charge on any atom is -0.465 e. The smallest absolute Gasteiger partial charge is 0.339 e. The lowest BCUT2D eigenvalue weighted by atomic mass is 10.0. The van der Waals surface area contributed by atoms with Gasteiger partial charge in [0.1, 0.15) is 0 Å². The number of ether oxygens (including phenoxy) is 1. The summed E-state index contributed by atoms with van der Waals surface area (Å²) in [6, 6.07) is 5.21. The number of hydrogen-bond acceptors (Lipinski definition) is 3. The van der Waals surface area contributed by atoms with Crippen molar-refractivity contribution in [2.45, 2.75) is 13.3 Å². The van der Waals surface area contributed by atoms with Crippen molar-refractivity contribution in [1.82, 2.24) is 0 Å². The second-order valence-electron chi connectivity index (χ2n) is 3.49. The molecule has 0 bridgehead atoms. The molecular weight excluding hydrogens is 218 g/mol. The summed E-state index contributed by atoms with van der Waals surface area (Å²) in [5.74, 6) is 4.42. The first-order chi connectivity index (χ1) is 8.04. The highest BCUT2D eigenvalue weighted by atomic mass is 16.5. The molecule has 0 heterocycles. The van der Waals surface area contributed by atoms with E-state index in [1.54, 1.807) is 18.2 Å².